The number of carbonyl (C=O) groups excluding carboxylic acids is 2. The first kappa shape index (κ1) is 13.9. The summed E-state index contributed by atoms with van der Waals surface area (Å²) in [6, 6.07) is 0. The molecule has 1 saturated heterocycles. The number of esters is 1. The number of nitrogens with one attached hydrogen (secondary N) is 2. The van der Waals surface area contributed by atoms with Crippen LogP contribution in [-0.2, 0) is 19.1 Å². The van der Waals surface area contributed by atoms with Gasteiger partial charge in [-0.05, 0) is 6.92 Å². The highest BCUT2D eigenvalue weighted by Gasteiger charge is 2.33. The van der Waals surface area contributed by atoms with Gasteiger partial charge in [-0.3, -0.25) is 4.79 Å². The maximum Gasteiger partial charge on any atom is 0.336 e. The number of aliphatic hydroxyl groups excluding tert-OH is 1. The Balaban J connectivity index is 2.14. The molecule has 0 bridgehead atoms. The van der Waals surface area contributed by atoms with E-state index in [2.05, 4.69) is 15.4 Å². The van der Waals surface area contributed by atoms with Crippen LogP contribution in [0.4, 0.5) is 0 Å². The van der Waals surface area contributed by atoms with Crippen molar-refractivity contribution >= 4 is 11.9 Å². The van der Waals surface area contributed by atoms with Crippen LogP contribution in [0.3, 0.4) is 0 Å². The second-order valence-electron chi connectivity index (χ2n) is 4.19. The van der Waals surface area contributed by atoms with Crippen molar-refractivity contribution in [2.75, 3.05) is 33.4 Å². The monoisotopic (exact) mass is 246 g/mol. The van der Waals surface area contributed by atoms with Gasteiger partial charge in [-0.15, -0.1) is 0 Å². The van der Waals surface area contributed by atoms with E-state index in [1.54, 1.807) is 0 Å². The Labute approximate surface area is 99.5 Å². The van der Waals surface area contributed by atoms with Gasteiger partial charge >= 0.3 is 5.97 Å². The van der Waals surface area contributed by atoms with Crippen LogP contribution in [0, 0.1) is 0 Å². The number of hydrogen-bond acceptors (Lipinski definition) is 6. The van der Waals surface area contributed by atoms with E-state index in [1.165, 1.54) is 7.11 Å². The molecule has 1 aliphatic rings. The Kier molecular flexibility index (Phi) is 4.86. The largest absolute Gasteiger partial charge is 0.467 e. The summed E-state index contributed by atoms with van der Waals surface area (Å²) in [4.78, 5) is 22.2. The van der Waals surface area contributed by atoms with Crippen molar-refractivity contribution in [2.45, 2.75) is 18.6 Å². The van der Waals surface area contributed by atoms with Crippen LogP contribution < -0.4 is 10.6 Å². The summed E-state index contributed by atoms with van der Waals surface area (Å²) >= 11 is 0. The third kappa shape index (κ3) is 4.29. The average molecular weight is 246 g/mol. The molecule has 0 aromatic rings. The lowest BCUT2D eigenvalue weighted by Gasteiger charge is -2.38. The van der Waals surface area contributed by atoms with Crippen LogP contribution in [0.5, 0.6) is 0 Å². The molecule has 17 heavy (non-hydrogen) atoms. The molecular weight excluding hydrogens is 228 g/mol. The summed E-state index contributed by atoms with van der Waals surface area (Å²) in [6.07, 6.45) is -1.34. The first-order valence-electron chi connectivity index (χ1n) is 5.34. The summed E-state index contributed by atoms with van der Waals surface area (Å²) < 4.78 is 9.68. The van der Waals surface area contributed by atoms with Gasteiger partial charge in [-0.1, -0.05) is 0 Å². The fourth-order valence-electron chi connectivity index (χ4n) is 1.30. The van der Waals surface area contributed by atoms with Crippen LogP contribution in [0.1, 0.15) is 6.92 Å². The minimum Gasteiger partial charge on any atom is -0.467 e. The zero-order valence-electron chi connectivity index (χ0n) is 9.99. The van der Waals surface area contributed by atoms with E-state index in [0.717, 1.165) is 0 Å². The van der Waals surface area contributed by atoms with Gasteiger partial charge in [-0.25, -0.2) is 4.79 Å². The normalized spacial score (nSPS) is 19.0. The fraction of sp³-hybridized carbons (Fsp3) is 0.800. The van der Waals surface area contributed by atoms with E-state index in [1.807, 2.05) is 6.92 Å². The average Bonchev–Trinajstić information content (AvgIpc) is 2.29. The molecule has 3 N–H and O–H groups in total. The summed E-state index contributed by atoms with van der Waals surface area (Å²) in [5.41, 5.74) is -0.293. The van der Waals surface area contributed by atoms with Crippen LogP contribution in [0.15, 0.2) is 0 Å². The third-order valence-corrected chi connectivity index (χ3v) is 2.52. The van der Waals surface area contributed by atoms with Crippen LogP contribution in [0.2, 0.25) is 0 Å². The standard InChI is InChI=1S/C10H18N2O5/c1-10(5-11-6-10)17-4-8(14)12-3-7(13)9(15)16-2/h7,11,13H,3-6H2,1-2H3,(H,12,14). The Hall–Kier alpha value is -1.18. The molecule has 1 heterocycles. The molecule has 0 aromatic carbocycles. The molecule has 0 aromatic heterocycles. The molecule has 1 aliphatic heterocycles. The number of ether oxygens (including phenoxy) is 2. The quantitative estimate of drug-likeness (QED) is 0.470. The number of methoxy groups -OCH3 is 1. The Morgan fingerprint density at radius 2 is 2.18 bits per heavy atom. The topological polar surface area (TPSA) is 96.9 Å². The predicted octanol–water partition coefficient (Wildman–Crippen LogP) is -1.98. The molecule has 0 aliphatic carbocycles. The van der Waals surface area contributed by atoms with Crippen molar-refractivity contribution in [1.82, 2.24) is 10.6 Å². The molecule has 7 nitrogen and oxygen atoms in total. The molecular formula is C10H18N2O5. The SMILES string of the molecule is COC(=O)C(O)CNC(=O)COC1(C)CNC1. The lowest BCUT2D eigenvalue weighted by Crippen LogP contribution is -2.59. The Morgan fingerprint density at radius 3 is 2.65 bits per heavy atom. The van der Waals surface area contributed by atoms with Gasteiger partial charge in [0.15, 0.2) is 6.10 Å². The minimum atomic E-state index is -1.34. The number of rotatable bonds is 6. The Morgan fingerprint density at radius 1 is 1.53 bits per heavy atom. The van der Waals surface area contributed by atoms with Gasteiger partial charge in [0.05, 0.1) is 19.3 Å². The van der Waals surface area contributed by atoms with Crippen molar-refractivity contribution in [3.8, 4) is 0 Å². The molecule has 1 rings (SSSR count). The van der Waals surface area contributed by atoms with Gasteiger partial charge < -0.3 is 25.2 Å². The molecule has 0 spiro atoms. The van der Waals surface area contributed by atoms with E-state index in [4.69, 9.17) is 4.74 Å². The van der Waals surface area contributed by atoms with Crippen molar-refractivity contribution in [3.05, 3.63) is 0 Å². The number of amides is 1. The van der Waals surface area contributed by atoms with Gasteiger partial charge in [0, 0.05) is 13.1 Å². The van der Waals surface area contributed by atoms with Crippen molar-refractivity contribution in [1.29, 1.82) is 0 Å². The first-order valence-corrected chi connectivity index (χ1v) is 5.34. The molecule has 1 unspecified atom stereocenters. The van der Waals surface area contributed by atoms with Crippen LogP contribution >= 0.6 is 0 Å². The zero-order chi connectivity index (χ0) is 12.9. The molecule has 98 valence electrons. The summed E-state index contributed by atoms with van der Waals surface area (Å²) in [5, 5.41) is 14.6. The van der Waals surface area contributed by atoms with E-state index in [0.29, 0.717) is 13.1 Å². The number of aliphatic hydroxyl groups is 1. The second-order valence-corrected chi connectivity index (χ2v) is 4.19. The zero-order valence-corrected chi connectivity index (χ0v) is 9.99. The van der Waals surface area contributed by atoms with Crippen molar-refractivity contribution in [2.24, 2.45) is 0 Å². The highest BCUT2D eigenvalue weighted by atomic mass is 16.5. The van der Waals surface area contributed by atoms with Crippen molar-refractivity contribution < 1.29 is 24.2 Å². The third-order valence-electron chi connectivity index (χ3n) is 2.52. The first-order chi connectivity index (χ1) is 7.97. The highest BCUT2D eigenvalue weighted by Crippen LogP contribution is 2.14. The lowest BCUT2D eigenvalue weighted by molar-refractivity contribution is -0.150. The van der Waals surface area contributed by atoms with Gasteiger partial charge in [0.2, 0.25) is 5.91 Å². The van der Waals surface area contributed by atoms with E-state index in [9.17, 15) is 14.7 Å². The second kappa shape index (κ2) is 5.95. The fourth-order valence-corrected chi connectivity index (χ4v) is 1.30. The molecule has 1 fully saturated rings. The maximum atomic E-state index is 11.3. The highest BCUT2D eigenvalue weighted by molar-refractivity contribution is 5.79. The summed E-state index contributed by atoms with van der Waals surface area (Å²) in [5.74, 6) is -1.15. The van der Waals surface area contributed by atoms with E-state index in [-0.39, 0.29) is 24.7 Å². The van der Waals surface area contributed by atoms with Crippen molar-refractivity contribution in [3.63, 3.8) is 0 Å². The molecule has 1 atom stereocenters. The molecule has 0 radical (unpaired) electrons. The summed E-state index contributed by atoms with van der Waals surface area (Å²) in [7, 11) is 1.17. The number of carbonyl (C=O) groups is 2. The van der Waals surface area contributed by atoms with Crippen LogP contribution in [0.25, 0.3) is 0 Å². The van der Waals surface area contributed by atoms with Gasteiger partial charge in [0.25, 0.3) is 0 Å². The Bertz CT molecular complexity index is 290. The molecule has 1 amide bonds. The minimum absolute atomic E-state index is 0.0912. The molecule has 7 heteroatoms. The maximum absolute atomic E-state index is 11.3. The number of hydrogen-bond donors (Lipinski definition) is 3. The van der Waals surface area contributed by atoms with Gasteiger partial charge in [-0.2, -0.15) is 0 Å². The summed E-state index contributed by atoms with van der Waals surface area (Å²) in [6.45, 7) is 3.06. The van der Waals surface area contributed by atoms with Gasteiger partial charge in [0.1, 0.15) is 6.61 Å². The lowest BCUT2D eigenvalue weighted by atomic mass is 10.0. The van der Waals surface area contributed by atoms with Crippen LogP contribution in [-0.4, -0.2) is 62.0 Å². The predicted molar refractivity (Wildman–Crippen MR) is 58.3 cm³/mol. The smallest absolute Gasteiger partial charge is 0.336 e. The van der Waals surface area contributed by atoms with E-state index >= 15 is 0 Å². The van der Waals surface area contributed by atoms with E-state index < -0.39 is 12.1 Å². The molecule has 0 saturated carbocycles.